The Bertz CT molecular complexity index is 312. The molecule has 0 aromatic heterocycles. The number of nitrogens with one attached hydrogen (secondary N) is 1. The van der Waals surface area contributed by atoms with Crippen LogP contribution in [-0.2, 0) is 4.74 Å². The molecule has 2 heteroatoms. The highest BCUT2D eigenvalue weighted by atomic mass is 16.5. The lowest BCUT2D eigenvalue weighted by molar-refractivity contribution is 0.0116. The fourth-order valence-corrected chi connectivity index (χ4v) is 2.34. The van der Waals surface area contributed by atoms with Gasteiger partial charge in [0, 0.05) is 18.7 Å². The second-order valence-electron chi connectivity index (χ2n) is 4.70. The van der Waals surface area contributed by atoms with Crippen molar-refractivity contribution in [3.8, 4) is 0 Å². The smallest absolute Gasteiger partial charge is 0.0561 e. The lowest BCUT2D eigenvalue weighted by Crippen LogP contribution is -2.39. The average Bonchev–Trinajstić information content (AvgIpc) is 2.30. The third-order valence-electron chi connectivity index (χ3n) is 3.27. The van der Waals surface area contributed by atoms with E-state index in [-0.39, 0.29) is 0 Å². The first-order valence-corrected chi connectivity index (χ1v) is 6.18. The minimum atomic E-state index is 0.397. The summed E-state index contributed by atoms with van der Waals surface area (Å²) in [5.74, 6) is 0. The number of hydrogen-bond acceptors (Lipinski definition) is 2. The summed E-state index contributed by atoms with van der Waals surface area (Å²) in [5, 5.41) is 3.69. The highest BCUT2D eigenvalue weighted by Crippen LogP contribution is 2.18. The van der Waals surface area contributed by atoms with E-state index in [0.29, 0.717) is 18.2 Å². The van der Waals surface area contributed by atoms with Gasteiger partial charge in [0.25, 0.3) is 0 Å². The van der Waals surface area contributed by atoms with Gasteiger partial charge in [0.15, 0.2) is 0 Å². The van der Waals surface area contributed by atoms with E-state index in [1.807, 2.05) is 0 Å². The number of rotatable bonds is 3. The fraction of sp³-hybridized carbons (Fsp3) is 0.571. The van der Waals surface area contributed by atoms with Crippen LogP contribution in [0.4, 0.5) is 0 Å². The highest BCUT2D eigenvalue weighted by Gasteiger charge is 2.20. The highest BCUT2D eigenvalue weighted by molar-refractivity contribution is 5.18. The Hall–Kier alpha value is -0.860. The maximum atomic E-state index is 5.56. The molecule has 1 N–H and O–H groups in total. The van der Waals surface area contributed by atoms with Crippen molar-refractivity contribution in [1.29, 1.82) is 0 Å². The molecule has 1 heterocycles. The van der Waals surface area contributed by atoms with Crippen LogP contribution in [0, 0.1) is 0 Å². The van der Waals surface area contributed by atoms with E-state index >= 15 is 0 Å². The molecule has 1 fully saturated rings. The van der Waals surface area contributed by atoms with Gasteiger partial charge in [-0.2, -0.15) is 0 Å². The van der Waals surface area contributed by atoms with E-state index < -0.39 is 0 Å². The van der Waals surface area contributed by atoms with Crippen molar-refractivity contribution in [1.82, 2.24) is 5.32 Å². The van der Waals surface area contributed by atoms with Crippen molar-refractivity contribution in [2.24, 2.45) is 0 Å². The minimum absolute atomic E-state index is 0.397. The molecule has 16 heavy (non-hydrogen) atoms. The second-order valence-corrected chi connectivity index (χ2v) is 4.70. The Kier molecular flexibility index (Phi) is 3.97. The van der Waals surface area contributed by atoms with Gasteiger partial charge >= 0.3 is 0 Å². The van der Waals surface area contributed by atoms with Crippen LogP contribution in [0.25, 0.3) is 0 Å². The van der Waals surface area contributed by atoms with Crippen LogP contribution >= 0.6 is 0 Å². The molecule has 1 aromatic rings. The Morgan fingerprint density at radius 2 is 2.06 bits per heavy atom. The summed E-state index contributed by atoms with van der Waals surface area (Å²) >= 11 is 0. The lowest BCUT2D eigenvalue weighted by Gasteiger charge is -2.30. The molecule has 1 aliphatic rings. The van der Waals surface area contributed by atoms with E-state index in [2.05, 4.69) is 49.5 Å². The van der Waals surface area contributed by atoms with Crippen LogP contribution in [0.2, 0.25) is 0 Å². The molecule has 1 aliphatic heterocycles. The Balaban J connectivity index is 1.89. The first-order valence-electron chi connectivity index (χ1n) is 6.18. The van der Waals surface area contributed by atoms with Gasteiger partial charge in [-0.3, -0.25) is 0 Å². The van der Waals surface area contributed by atoms with Crippen molar-refractivity contribution in [2.45, 2.75) is 44.9 Å². The SMILES string of the molecule is CC1CC(N[C@H](C)c2ccccc2)CCO1. The molecule has 1 aromatic carbocycles. The van der Waals surface area contributed by atoms with Crippen molar-refractivity contribution in [3.63, 3.8) is 0 Å². The molecule has 2 rings (SSSR count). The Labute approximate surface area is 98.0 Å². The van der Waals surface area contributed by atoms with Gasteiger partial charge in [-0.15, -0.1) is 0 Å². The predicted molar refractivity (Wildman–Crippen MR) is 66.4 cm³/mol. The third-order valence-corrected chi connectivity index (χ3v) is 3.27. The zero-order valence-corrected chi connectivity index (χ0v) is 10.1. The third kappa shape index (κ3) is 3.06. The first kappa shape index (κ1) is 11.6. The maximum absolute atomic E-state index is 5.56. The molecule has 3 atom stereocenters. The molecule has 2 unspecified atom stereocenters. The largest absolute Gasteiger partial charge is 0.378 e. The van der Waals surface area contributed by atoms with E-state index in [9.17, 15) is 0 Å². The maximum Gasteiger partial charge on any atom is 0.0561 e. The normalized spacial score (nSPS) is 27.6. The number of ether oxygens (including phenoxy) is 1. The van der Waals surface area contributed by atoms with Crippen LogP contribution < -0.4 is 5.32 Å². The summed E-state index contributed by atoms with van der Waals surface area (Å²) in [6.07, 6.45) is 2.65. The standard InChI is InChI=1S/C14H21NO/c1-11-10-14(8-9-16-11)15-12(2)13-6-4-3-5-7-13/h3-7,11-12,14-15H,8-10H2,1-2H3/t11?,12-,14?/m1/s1. The van der Waals surface area contributed by atoms with Crippen LogP contribution in [-0.4, -0.2) is 18.8 Å². The van der Waals surface area contributed by atoms with Gasteiger partial charge in [0.2, 0.25) is 0 Å². The van der Waals surface area contributed by atoms with Crippen molar-refractivity contribution in [3.05, 3.63) is 35.9 Å². The molecule has 0 spiro atoms. The van der Waals surface area contributed by atoms with Gasteiger partial charge in [-0.25, -0.2) is 0 Å². The number of benzene rings is 1. The predicted octanol–water partition coefficient (Wildman–Crippen LogP) is 2.90. The first-order chi connectivity index (χ1) is 7.75. The summed E-state index contributed by atoms with van der Waals surface area (Å²) in [7, 11) is 0. The Morgan fingerprint density at radius 1 is 1.31 bits per heavy atom. The summed E-state index contributed by atoms with van der Waals surface area (Å²) in [6.45, 7) is 5.27. The van der Waals surface area contributed by atoms with E-state index in [1.165, 1.54) is 5.56 Å². The summed E-state index contributed by atoms with van der Waals surface area (Å²) in [6, 6.07) is 11.6. The molecule has 88 valence electrons. The molecule has 0 radical (unpaired) electrons. The van der Waals surface area contributed by atoms with Crippen LogP contribution in [0.3, 0.4) is 0 Å². The minimum Gasteiger partial charge on any atom is -0.378 e. The average molecular weight is 219 g/mol. The van der Waals surface area contributed by atoms with Crippen molar-refractivity contribution >= 4 is 0 Å². The molecule has 1 saturated heterocycles. The van der Waals surface area contributed by atoms with E-state index in [1.54, 1.807) is 0 Å². The van der Waals surface area contributed by atoms with Crippen LogP contribution in [0.5, 0.6) is 0 Å². The molecule has 0 bridgehead atoms. The molecule has 0 saturated carbocycles. The van der Waals surface area contributed by atoms with E-state index in [0.717, 1.165) is 19.4 Å². The Morgan fingerprint density at radius 3 is 2.75 bits per heavy atom. The van der Waals surface area contributed by atoms with Gasteiger partial charge in [0.1, 0.15) is 0 Å². The van der Waals surface area contributed by atoms with E-state index in [4.69, 9.17) is 4.74 Å². The quantitative estimate of drug-likeness (QED) is 0.844. The molecule has 0 aliphatic carbocycles. The number of hydrogen-bond donors (Lipinski definition) is 1. The van der Waals surface area contributed by atoms with Crippen LogP contribution in [0.15, 0.2) is 30.3 Å². The zero-order chi connectivity index (χ0) is 11.4. The van der Waals surface area contributed by atoms with Gasteiger partial charge < -0.3 is 10.1 Å². The van der Waals surface area contributed by atoms with Crippen molar-refractivity contribution in [2.75, 3.05) is 6.61 Å². The molecule has 0 amide bonds. The van der Waals surface area contributed by atoms with Crippen molar-refractivity contribution < 1.29 is 4.74 Å². The van der Waals surface area contributed by atoms with Gasteiger partial charge in [-0.05, 0) is 32.3 Å². The topological polar surface area (TPSA) is 21.3 Å². The second kappa shape index (κ2) is 5.46. The van der Waals surface area contributed by atoms with Gasteiger partial charge in [0.05, 0.1) is 6.10 Å². The molecular formula is C14H21NO. The summed E-state index contributed by atoms with van der Waals surface area (Å²) in [4.78, 5) is 0. The zero-order valence-electron chi connectivity index (χ0n) is 10.1. The van der Waals surface area contributed by atoms with Crippen LogP contribution in [0.1, 0.15) is 38.3 Å². The lowest BCUT2D eigenvalue weighted by atomic mass is 10.0. The fourth-order valence-electron chi connectivity index (χ4n) is 2.34. The monoisotopic (exact) mass is 219 g/mol. The summed E-state index contributed by atoms with van der Waals surface area (Å²) < 4.78 is 5.56. The van der Waals surface area contributed by atoms with Gasteiger partial charge in [-0.1, -0.05) is 30.3 Å². The summed E-state index contributed by atoms with van der Waals surface area (Å²) in [5.41, 5.74) is 1.36. The molecular weight excluding hydrogens is 198 g/mol. The molecule has 2 nitrogen and oxygen atoms in total.